The zero-order valence-electron chi connectivity index (χ0n) is 12.2. The average molecular weight is 271 g/mol. The van der Waals surface area contributed by atoms with Crippen LogP contribution in [0.4, 0.5) is 0 Å². The van der Waals surface area contributed by atoms with Crippen LogP contribution in [0.1, 0.15) is 0 Å². The molecule has 0 N–H and O–H groups in total. The SMILES string of the molecule is CO[Si](C)(C)C.CO[Si](C)(C)c1ccccc1. The summed E-state index contributed by atoms with van der Waals surface area (Å²) in [6.07, 6.45) is 0. The highest BCUT2D eigenvalue weighted by Crippen LogP contribution is 2.02. The molecule has 1 aromatic carbocycles. The van der Waals surface area contributed by atoms with Gasteiger partial charge >= 0.3 is 0 Å². The molecule has 0 heterocycles. The maximum Gasteiger partial charge on any atom is 0.217 e. The van der Waals surface area contributed by atoms with E-state index in [0.717, 1.165) is 0 Å². The van der Waals surface area contributed by atoms with Gasteiger partial charge in [-0.05, 0) is 37.9 Å². The minimum absolute atomic E-state index is 1.13. The van der Waals surface area contributed by atoms with Crippen molar-refractivity contribution in [3.63, 3.8) is 0 Å². The zero-order chi connectivity index (χ0) is 13.5. The van der Waals surface area contributed by atoms with E-state index in [0.29, 0.717) is 0 Å². The van der Waals surface area contributed by atoms with Crippen LogP contribution in [-0.2, 0) is 8.85 Å². The summed E-state index contributed by atoms with van der Waals surface area (Å²) in [5.41, 5.74) is 0. The van der Waals surface area contributed by atoms with Crippen LogP contribution < -0.4 is 5.19 Å². The van der Waals surface area contributed by atoms with Crippen LogP contribution in [0.3, 0.4) is 0 Å². The molecule has 0 atom stereocenters. The fourth-order valence-corrected chi connectivity index (χ4v) is 2.19. The molecule has 0 saturated carbocycles. The fraction of sp³-hybridized carbons (Fsp3) is 0.538. The molecule has 0 radical (unpaired) electrons. The van der Waals surface area contributed by atoms with Crippen molar-refractivity contribution in [1.29, 1.82) is 0 Å². The van der Waals surface area contributed by atoms with E-state index in [-0.39, 0.29) is 0 Å². The second-order valence-corrected chi connectivity index (χ2v) is 14.0. The van der Waals surface area contributed by atoms with E-state index >= 15 is 0 Å². The number of rotatable bonds is 3. The topological polar surface area (TPSA) is 18.5 Å². The van der Waals surface area contributed by atoms with E-state index in [1.807, 2.05) is 6.07 Å². The van der Waals surface area contributed by atoms with Gasteiger partial charge in [0.25, 0.3) is 0 Å². The van der Waals surface area contributed by atoms with Crippen molar-refractivity contribution >= 4 is 21.8 Å². The molecule has 0 amide bonds. The fourth-order valence-electron chi connectivity index (χ4n) is 0.957. The molecule has 1 aromatic rings. The molecule has 0 spiro atoms. The predicted molar refractivity (Wildman–Crippen MR) is 80.9 cm³/mol. The van der Waals surface area contributed by atoms with Crippen molar-refractivity contribution in [3.8, 4) is 0 Å². The van der Waals surface area contributed by atoms with Gasteiger partial charge in [-0.2, -0.15) is 0 Å². The Morgan fingerprint density at radius 1 is 0.765 bits per heavy atom. The van der Waals surface area contributed by atoms with Crippen molar-refractivity contribution < 1.29 is 8.85 Å². The lowest BCUT2D eigenvalue weighted by Crippen LogP contribution is -2.43. The summed E-state index contributed by atoms with van der Waals surface area (Å²) in [7, 11) is 0.876. The first kappa shape index (κ1) is 16.6. The third-order valence-corrected chi connectivity index (χ3v) is 6.56. The minimum Gasteiger partial charge on any atom is -0.421 e. The van der Waals surface area contributed by atoms with Gasteiger partial charge in [-0.25, -0.2) is 0 Å². The van der Waals surface area contributed by atoms with Gasteiger partial charge in [0.15, 0.2) is 8.32 Å². The largest absolute Gasteiger partial charge is 0.421 e. The summed E-state index contributed by atoms with van der Waals surface area (Å²) < 4.78 is 10.5. The summed E-state index contributed by atoms with van der Waals surface area (Å²) in [5.74, 6) is 0. The first-order valence-corrected chi connectivity index (χ1v) is 12.2. The molecule has 0 aliphatic heterocycles. The molecule has 0 bridgehead atoms. The summed E-state index contributed by atoms with van der Waals surface area (Å²) in [6, 6.07) is 10.4. The normalized spacial score (nSPS) is 11.7. The Balaban J connectivity index is 0.000000366. The molecular formula is C13H26O2Si2. The smallest absolute Gasteiger partial charge is 0.217 e. The molecule has 0 aromatic heterocycles. The van der Waals surface area contributed by atoms with Gasteiger partial charge in [0.2, 0.25) is 8.32 Å². The molecule has 0 unspecified atom stereocenters. The minimum atomic E-state index is -1.55. The average Bonchev–Trinajstić information content (AvgIpc) is 2.30. The van der Waals surface area contributed by atoms with Crippen LogP contribution in [-0.4, -0.2) is 30.9 Å². The summed E-state index contributed by atoms with van der Waals surface area (Å²) in [6.45, 7) is 10.9. The van der Waals surface area contributed by atoms with Gasteiger partial charge in [-0.3, -0.25) is 0 Å². The van der Waals surface area contributed by atoms with Crippen molar-refractivity contribution in [1.82, 2.24) is 0 Å². The van der Waals surface area contributed by atoms with E-state index in [1.54, 1.807) is 14.2 Å². The highest BCUT2D eigenvalue weighted by molar-refractivity contribution is 6.84. The van der Waals surface area contributed by atoms with Crippen LogP contribution in [0.2, 0.25) is 32.7 Å². The Kier molecular flexibility index (Phi) is 6.93. The van der Waals surface area contributed by atoms with Gasteiger partial charge in [0.05, 0.1) is 0 Å². The second-order valence-electron chi connectivity index (χ2n) is 5.40. The Morgan fingerprint density at radius 3 is 1.47 bits per heavy atom. The number of benzene rings is 1. The first-order chi connectivity index (χ1) is 7.73. The van der Waals surface area contributed by atoms with Gasteiger partial charge in [-0.1, -0.05) is 30.3 Å². The van der Waals surface area contributed by atoms with Crippen LogP contribution in [0, 0.1) is 0 Å². The molecule has 17 heavy (non-hydrogen) atoms. The van der Waals surface area contributed by atoms with Gasteiger partial charge in [0, 0.05) is 14.2 Å². The van der Waals surface area contributed by atoms with E-state index in [9.17, 15) is 0 Å². The Labute approximate surface area is 108 Å². The Morgan fingerprint density at radius 2 is 1.18 bits per heavy atom. The highest BCUT2D eigenvalue weighted by atomic mass is 28.4. The van der Waals surface area contributed by atoms with Crippen molar-refractivity contribution in [2.24, 2.45) is 0 Å². The van der Waals surface area contributed by atoms with Crippen LogP contribution in [0.15, 0.2) is 30.3 Å². The monoisotopic (exact) mass is 270 g/mol. The standard InChI is InChI=1S/C9H14OSi.C4H12OSi/c1-10-11(2,3)9-7-5-4-6-8-9;1-5-6(2,3)4/h4-8H,1-3H3;1-4H3. The number of hydrogen-bond donors (Lipinski definition) is 0. The maximum absolute atomic E-state index is 5.46. The summed E-state index contributed by atoms with van der Waals surface area (Å²) in [4.78, 5) is 0. The molecule has 4 heteroatoms. The Hall–Kier alpha value is -0.426. The van der Waals surface area contributed by atoms with E-state index < -0.39 is 16.6 Å². The van der Waals surface area contributed by atoms with E-state index in [2.05, 4.69) is 57.0 Å². The highest BCUT2D eigenvalue weighted by Gasteiger charge is 2.22. The van der Waals surface area contributed by atoms with Crippen molar-refractivity contribution in [3.05, 3.63) is 30.3 Å². The maximum atomic E-state index is 5.46. The zero-order valence-corrected chi connectivity index (χ0v) is 14.2. The van der Waals surface area contributed by atoms with Crippen LogP contribution in [0.25, 0.3) is 0 Å². The van der Waals surface area contributed by atoms with Gasteiger partial charge in [0.1, 0.15) is 0 Å². The molecule has 0 aliphatic rings. The van der Waals surface area contributed by atoms with Gasteiger partial charge in [-0.15, -0.1) is 0 Å². The second kappa shape index (κ2) is 7.11. The van der Waals surface area contributed by atoms with Crippen LogP contribution >= 0.6 is 0 Å². The van der Waals surface area contributed by atoms with Crippen LogP contribution in [0.5, 0.6) is 0 Å². The Bertz CT molecular complexity index is 305. The number of hydrogen-bond acceptors (Lipinski definition) is 2. The molecule has 98 valence electrons. The first-order valence-electron chi connectivity index (χ1n) is 5.89. The predicted octanol–water partition coefficient (Wildman–Crippen LogP) is 3.21. The van der Waals surface area contributed by atoms with Crippen molar-refractivity contribution in [2.45, 2.75) is 32.7 Å². The lowest BCUT2D eigenvalue weighted by molar-refractivity contribution is 0.411. The lowest BCUT2D eigenvalue weighted by atomic mass is 10.4. The quantitative estimate of drug-likeness (QED) is 0.785. The summed E-state index contributed by atoms with van der Waals surface area (Å²) >= 11 is 0. The molecule has 0 saturated heterocycles. The molecule has 1 rings (SSSR count). The third kappa shape index (κ3) is 7.49. The molecular weight excluding hydrogens is 244 g/mol. The molecule has 2 nitrogen and oxygen atoms in total. The third-order valence-electron chi connectivity index (χ3n) is 2.59. The summed E-state index contributed by atoms with van der Waals surface area (Å²) in [5, 5.41) is 1.35. The molecule has 0 fully saturated rings. The van der Waals surface area contributed by atoms with Gasteiger partial charge < -0.3 is 8.85 Å². The van der Waals surface area contributed by atoms with E-state index in [1.165, 1.54) is 5.19 Å². The van der Waals surface area contributed by atoms with E-state index in [4.69, 9.17) is 8.85 Å². The van der Waals surface area contributed by atoms with Crippen molar-refractivity contribution in [2.75, 3.05) is 14.2 Å². The molecule has 0 aliphatic carbocycles. The lowest BCUT2D eigenvalue weighted by Gasteiger charge is -2.19.